The molecule has 3 aromatic rings. The number of hydrogen-bond donors (Lipinski definition) is 1. The summed E-state index contributed by atoms with van der Waals surface area (Å²) >= 11 is 0. The summed E-state index contributed by atoms with van der Waals surface area (Å²) in [4.78, 5) is 29.3. The van der Waals surface area contributed by atoms with Crippen LogP contribution in [-0.4, -0.2) is 15.6 Å². The maximum Gasteiger partial charge on any atom is 0.405 e. The fourth-order valence-corrected chi connectivity index (χ4v) is 3.13. The molecule has 2 N–H and O–H groups in total. The summed E-state index contributed by atoms with van der Waals surface area (Å²) in [6.45, 7) is 5.90. The highest BCUT2D eigenvalue weighted by Crippen LogP contribution is 2.32. The van der Waals surface area contributed by atoms with Crippen molar-refractivity contribution in [3.8, 4) is 5.69 Å². The van der Waals surface area contributed by atoms with Crippen molar-refractivity contribution in [2.75, 3.05) is 0 Å². The molecule has 1 heterocycles. The van der Waals surface area contributed by atoms with Gasteiger partial charge < -0.3 is 10.5 Å². The molecule has 2 aromatic carbocycles. The van der Waals surface area contributed by atoms with Crippen LogP contribution in [0.1, 0.15) is 39.1 Å². The van der Waals surface area contributed by atoms with Gasteiger partial charge in [-0.15, -0.1) is 0 Å². The first kappa shape index (κ1) is 19.5. The molecule has 0 aliphatic rings. The fraction of sp³-hybridized carbons (Fsp3) is 0.286. The highest BCUT2D eigenvalue weighted by molar-refractivity contribution is 5.78. The monoisotopic (exact) mass is 383 g/mol. The molecule has 6 nitrogen and oxygen atoms in total. The van der Waals surface area contributed by atoms with Gasteiger partial charge in [-0.1, -0.05) is 45.0 Å². The zero-order valence-corrected chi connectivity index (χ0v) is 16.0. The number of fused-ring (bicyclic) bond motifs is 1. The quantitative estimate of drug-likeness (QED) is 0.735. The average molecular weight is 383 g/mol. The van der Waals surface area contributed by atoms with Crippen LogP contribution in [0.5, 0.6) is 0 Å². The first-order chi connectivity index (χ1) is 13.2. The second kappa shape index (κ2) is 7.42. The number of nitrogens with zero attached hydrogens (tertiary/aromatic N) is 2. The molecule has 0 aliphatic heterocycles. The Morgan fingerprint density at radius 2 is 1.86 bits per heavy atom. The molecule has 1 aromatic heterocycles. The lowest BCUT2D eigenvalue weighted by Crippen LogP contribution is -2.30. The Kier molecular flexibility index (Phi) is 5.18. The molecule has 0 saturated carbocycles. The normalized spacial score (nSPS) is 12.7. The summed E-state index contributed by atoms with van der Waals surface area (Å²) in [5.74, 6) is -0.461. The van der Waals surface area contributed by atoms with Gasteiger partial charge in [0.05, 0.1) is 11.2 Å². The van der Waals surface area contributed by atoms with E-state index in [0.29, 0.717) is 12.1 Å². The van der Waals surface area contributed by atoms with Crippen molar-refractivity contribution in [3.05, 3.63) is 70.5 Å². The van der Waals surface area contributed by atoms with Crippen molar-refractivity contribution in [2.24, 2.45) is 11.1 Å². The number of carbonyl (C=O) groups is 1. The maximum atomic E-state index is 14.4. The molecule has 0 saturated heterocycles. The Balaban J connectivity index is 2.36. The van der Waals surface area contributed by atoms with Gasteiger partial charge in [-0.05, 0) is 36.1 Å². The summed E-state index contributed by atoms with van der Waals surface area (Å²) in [5.41, 5.74) is 5.14. The van der Waals surface area contributed by atoms with Crippen molar-refractivity contribution in [1.29, 1.82) is 0 Å². The SMILES string of the molecule is CC(C)(C)C[C@H](OC(N)=O)c1nc2cccc(F)c2c(=O)n1-c1ccccc1. The smallest absolute Gasteiger partial charge is 0.405 e. The topological polar surface area (TPSA) is 87.2 Å². The van der Waals surface area contributed by atoms with Gasteiger partial charge in [0.2, 0.25) is 0 Å². The third kappa shape index (κ3) is 4.03. The Hall–Kier alpha value is -3.22. The minimum Gasteiger partial charge on any atom is -0.438 e. The van der Waals surface area contributed by atoms with E-state index in [-0.39, 0.29) is 22.1 Å². The fourth-order valence-electron chi connectivity index (χ4n) is 3.13. The van der Waals surface area contributed by atoms with E-state index in [1.165, 1.54) is 16.7 Å². The van der Waals surface area contributed by atoms with Crippen LogP contribution in [0.4, 0.5) is 9.18 Å². The molecule has 0 spiro atoms. The van der Waals surface area contributed by atoms with Gasteiger partial charge in [-0.3, -0.25) is 9.36 Å². The molecule has 0 fully saturated rings. The van der Waals surface area contributed by atoms with E-state index in [9.17, 15) is 14.0 Å². The number of ether oxygens (including phenoxy) is 1. The minimum absolute atomic E-state index is 0.122. The predicted octanol–water partition coefficient (Wildman–Crippen LogP) is 4.10. The van der Waals surface area contributed by atoms with Gasteiger partial charge in [0.25, 0.3) is 5.56 Å². The van der Waals surface area contributed by atoms with Crippen LogP contribution >= 0.6 is 0 Å². The Labute approximate surface area is 161 Å². The van der Waals surface area contributed by atoms with E-state index in [4.69, 9.17) is 10.5 Å². The Morgan fingerprint density at radius 1 is 1.18 bits per heavy atom. The first-order valence-corrected chi connectivity index (χ1v) is 8.90. The number of nitrogens with two attached hydrogens (primary N) is 1. The number of primary amides is 1. The zero-order valence-electron chi connectivity index (χ0n) is 16.0. The van der Waals surface area contributed by atoms with Crippen LogP contribution in [0, 0.1) is 11.2 Å². The second-order valence-corrected chi connectivity index (χ2v) is 7.77. The number of amides is 1. The van der Waals surface area contributed by atoms with Crippen LogP contribution in [0.25, 0.3) is 16.6 Å². The molecule has 0 aliphatic carbocycles. The highest BCUT2D eigenvalue weighted by atomic mass is 19.1. The number of benzene rings is 2. The lowest BCUT2D eigenvalue weighted by atomic mass is 9.88. The van der Waals surface area contributed by atoms with Gasteiger partial charge >= 0.3 is 6.09 Å². The van der Waals surface area contributed by atoms with Crippen molar-refractivity contribution < 1.29 is 13.9 Å². The average Bonchev–Trinajstić information content (AvgIpc) is 2.60. The molecule has 1 amide bonds. The molecule has 0 radical (unpaired) electrons. The summed E-state index contributed by atoms with van der Waals surface area (Å²) in [5, 5.41) is -0.122. The Morgan fingerprint density at radius 3 is 2.46 bits per heavy atom. The molecule has 1 atom stereocenters. The van der Waals surface area contributed by atoms with Crippen LogP contribution < -0.4 is 11.3 Å². The Bertz CT molecular complexity index is 1070. The van der Waals surface area contributed by atoms with Crippen LogP contribution in [0.2, 0.25) is 0 Å². The van der Waals surface area contributed by atoms with Crippen LogP contribution in [-0.2, 0) is 4.74 Å². The van der Waals surface area contributed by atoms with Crippen molar-refractivity contribution in [2.45, 2.75) is 33.3 Å². The number of para-hydroxylation sites is 1. The summed E-state index contributed by atoms with van der Waals surface area (Å²) in [7, 11) is 0. The number of rotatable bonds is 4. The van der Waals surface area contributed by atoms with E-state index in [0.717, 1.165) is 0 Å². The van der Waals surface area contributed by atoms with Crippen molar-refractivity contribution in [1.82, 2.24) is 9.55 Å². The standard InChI is InChI=1S/C21H22FN3O3/c1-21(2,3)12-16(28-20(23)27)18-24-15-11-7-10-14(22)17(15)19(26)25(18)13-8-5-4-6-9-13/h4-11,16H,12H2,1-3H3,(H2,23,27)/t16-/m0/s1. The molecule has 3 rings (SSSR count). The lowest BCUT2D eigenvalue weighted by molar-refractivity contribution is 0.0721. The van der Waals surface area contributed by atoms with Gasteiger partial charge in [-0.2, -0.15) is 0 Å². The van der Waals surface area contributed by atoms with Crippen LogP contribution in [0.3, 0.4) is 0 Å². The molecule has 28 heavy (non-hydrogen) atoms. The summed E-state index contributed by atoms with van der Waals surface area (Å²) in [6, 6.07) is 13.0. The minimum atomic E-state index is -0.970. The molecular weight excluding hydrogens is 361 g/mol. The lowest BCUT2D eigenvalue weighted by Gasteiger charge is -2.27. The summed E-state index contributed by atoms with van der Waals surface area (Å²) < 4.78 is 21.0. The maximum absolute atomic E-state index is 14.4. The van der Waals surface area contributed by atoms with Gasteiger partial charge in [0, 0.05) is 0 Å². The zero-order chi connectivity index (χ0) is 20.5. The molecule has 0 bridgehead atoms. The van der Waals surface area contributed by atoms with Crippen molar-refractivity contribution >= 4 is 17.0 Å². The molecule has 7 heteroatoms. The number of halogens is 1. The van der Waals surface area contributed by atoms with Gasteiger partial charge in [-0.25, -0.2) is 14.2 Å². The molecular formula is C21H22FN3O3. The number of carbonyl (C=O) groups excluding carboxylic acids is 1. The first-order valence-electron chi connectivity index (χ1n) is 8.90. The largest absolute Gasteiger partial charge is 0.438 e. The van der Waals surface area contributed by atoms with E-state index < -0.39 is 23.6 Å². The summed E-state index contributed by atoms with van der Waals surface area (Å²) in [6.07, 6.45) is -1.48. The van der Waals surface area contributed by atoms with Gasteiger partial charge in [0.1, 0.15) is 11.2 Å². The number of hydrogen-bond acceptors (Lipinski definition) is 4. The van der Waals surface area contributed by atoms with E-state index >= 15 is 0 Å². The van der Waals surface area contributed by atoms with E-state index in [1.54, 1.807) is 36.4 Å². The molecule has 146 valence electrons. The van der Waals surface area contributed by atoms with Crippen LogP contribution in [0.15, 0.2) is 53.3 Å². The third-order valence-electron chi connectivity index (χ3n) is 4.23. The van der Waals surface area contributed by atoms with Crippen molar-refractivity contribution in [3.63, 3.8) is 0 Å². The second-order valence-electron chi connectivity index (χ2n) is 7.77. The third-order valence-corrected chi connectivity index (χ3v) is 4.23. The highest BCUT2D eigenvalue weighted by Gasteiger charge is 2.29. The van der Waals surface area contributed by atoms with E-state index in [2.05, 4.69) is 4.98 Å². The van der Waals surface area contributed by atoms with E-state index in [1.807, 2.05) is 20.8 Å². The van der Waals surface area contributed by atoms with Gasteiger partial charge in [0.15, 0.2) is 11.9 Å². The predicted molar refractivity (Wildman–Crippen MR) is 105 cm³/mol. The number of aromatic nitrogens is 2. The molecule has 0 unspecified atom stereocenters.